The topological polar surface area (TPSA) is 51.2 Å². The van der Waals surface area contributed by atoms with Crippen molar-refractivity contribution in [3.05, 3.63) is 83.4 Å². The number of anilines is 1. The summed E-state index contributed by atoms with van der Waals surface area (Å²) < 4.78 is 16.4. The fraction of sp³-hybridized carbons (Fsp3) is 0.367. The first-order valence-corrected chi connectivity index (χ1v) is 12.5. The lowest BCUT2D eigenvalue weighted by atomic mass is 9.73. The van der Waals surface area contributed by atoms with Crippen LogP contribution in [0.1, 0.15) is 36.5 Å². The van der Waals surface area contributed by atoms with E-state index in [0.717, 1.165) is 28.4 Å². The van der Waals surface area contributed by atoms with E-state index in [2.05, 4.69) is 55.1 Å². The summed E-state index contributed by atoms with van der Waals surface area (Å²) in [6, 6.07) is 22.8. The van der Waals surface area contributed by atoms with Crippen LogP contribution in [0.2, 0.25) is 0 Å². The molecule has 0 saturated carbocycles. The molecule has 3 aromatic rings. The minimum atomic E-state index is -0.181. The summed E-state index contributed by atoms with van der Waals surface area (Å²) in [4.78, 5) is 18.6. The quantitative estimate of drug-likeness (QED) is 0.465. The number of ether oxygens (including phenoxy) is 3. The minimum Gasteiger partial charge on any atom is -0.497 e. The van der Waals surface area contributed by atoms with Gasteiger partial charge in [-0.15, -0.1) is 0 Å². The summed E-state index contributed by atoms with van der Waals surface area (Å²) in [5.74, 6) is 2.25. The van der Waals surface area contributed by atoms with E-state index in [-0.39, 0.29) is 29.8 Å². The van der Waals surface area contributed by atoms with E-state index in [1.807, 2.05) is 35.2 Å². The second-order valence-corrected chi connectivity index (χ2v) is 9.80. The number of hydrogen-bond acceptors (Lipinski definition) is 5. The first-order valence-electron chi connectivity index (χ1n) is 12.5. The molecule has 6 nitrogen and oxygen atoms in total. The van der Waals surface area contributed by atoms with Crippen LogP contribution in [0, 0.1) is 5.92 Å². The molecule has 36 heavy (non-hydrogen) atoms. The highest BCUT2D eigenvalue weighted by molar-refractivity contribution is 5.87. The van der Waals surface area contributed by atoms with Gasteiger partial charge in [0.1, 0.15) is 17.2 Å². The summed E-state index contributed by atoms with van der Waals surface area (Å²) in [6.45, 7) is 5.58. The highest BCUT2D eigenvalue weighted by atomic mass is 16.5. The summed E-state index contributed by atoms with van der Waals surface area (Å²) in [5, 5.41) is 0. The van der Waals surface area contributed by atoms with Crippen LogP contribution in [0.15, 0.2) is 66.7 Å². The first-order chi connectivity index (χ1) is 17.5. The van der Waals surface area contributed by atoms with Crippen LogP contribution in [-0.4, -0.2) is 50.8 Å². The van der Waals surface area contributed by atoms with Gasteiger partial charge < -0.3 is 24.0 Å². The summed E-state index contributed by atoms with van der Waals surface area (Å²) in [5.41, 5.74) is 4.53. The lowest BCUT2D eigenvalue weighted by Gasteiger charge is -2.45. The molecule has 0 unspecified atom stereocenters. The Balaban J connectivity index is 1.57. The molecule has 0 N–H and O–H groups in total. The van der Waals surface area contributed by atoms with Crippen molar-refractivity contribution >= 4 is 11.6 Å². The van der Waals surface area contributed by atoms with E-state index < -0.39 is 0 Å². The molecule has 3 aromatic carbocycles. The van der Waals surface area contributed by atoms with Crippen LogP contribution >= 0.6 is 0 Å². The fourth-order valence-corrected chi connectivity index (χ4v) is 5.98. The Bertz CT molecular complexity index is 1240. The number of benzene rings is 3. The number of fused-ring (bicyclic) bond motifs is 2. The van der Waals surface area contributed by atoms with Crippen molar-refractivity contribution in [3.8, 4) is 17.2 Å². The Labute approximate surface area is 213 Å². The maximum atomic E-state index is 14.2. The molecule has 6 heteroatoms. The zero-order valence-corrected chi connectivity index (χ0v) is 21.6. The predicted molar refractivity (Wildman–Crippen MR) is 141 cm³/mol. The largest absolute Gasteiger partial charge is 0.497 e. The molecule has 2 aliphatic rings. The monoisotopic (exact) mass is 486 g/mol. The predicted octanol–water partition coefficient (Wildman–Crippen LogP) is 5.10. The number of rotatable bonds is 7. The number of nitrogens with zero attached hydrogens (tertiary/aromatic N) is 2. The smallest absolute Gasteiger partial charge is 0.229 e. The van der Waals surface area contributed by atoms with Crippen LogP contribution in [0.25, 0.3) is 0 Å². The highest BCUT2D eigenvalue weighted by Gasteiger charge is 2.52. The van der Waals surface area contributed by atoms with E-state index in [0.29, 0.717) is 13.1 Å². The number of carbonyl (C=O) groups excluding carboxylic acids is 1. The SMILES string of the molecule is COc1ccc([C@@H]2c3ccccc3N(C(C)C)[C@@H]3CN(Cc4ccc(OC)cc4OC)C(=O)[C@H]23)cc1. The van der Waals surface area contributed by atoms with Crippen LogP contribution in [-0.2, 0) is 11.3 Å². The van der Waals surface area contributed by atoms with Gasteiger partial charge in [0.05, 0.1) is 33.3 Å². The van der Waals surface area contributed by atoms with Gasteiger partial charge in [-0.1, -0.05) is 30.3 Å². The molecule has 2 aliphatic heterocycles. The molecule has 0 bridgehead atoms. The molecule has 0 radical (unpaired) electrons. The van der Waals surface area contributed by atoms with Crippen molar-refractivity contribution in [3.63, 3.8) is 0 Å². The standard InChI is InChI=1S/C30H34N2O4/c1-19(2)32-25-9-7-6-8-24(25)28(20-10-13-22(34-3)14-11-20)29-26(32)18-31(30(29)33)17-21-12-15-23(35-4)16-27(21)36-5/h6-16,19,26,28-29H,17-18H2,1-5H3/t26-,28-,29+/m1/s1. The van der Waals surface area contributed by atoms with Gasteiger partial charge in [0.2, 0.25) is 5.91 Å². The van der Waals surface area contributed by atoms with Crippen molar-refractivity contribution in [2.75, 3.05) is 32.8 Å². The zero-order valence-electron chi connectivity index (χ0n) is 21.6. The molecule has 3 atom stereocenters. The average molecular weight is 487 g/mol. The second kappa shape index (κ2) is 9.76. The molecule has 1 fully saturated rings. The zero-order chi connectivity index (χ0) is 25.4. The van der Waals surface area contributed by atoms with E-state index in [4.69, 9.17) is 14.2 Å². The Morgan fingerprint density at radius 3 is 2.25 bits per heavy atom. The Morgan fingerprint density at radius 1 is 0.889 bits per heavy atom. The third-order valence-electron chi connectivity index (χ3n) is 7.57. The Morgan fingerprint density at radius 2 is 1.58 bits per heavy atom. The van der Waals surface area contributed by atoms with Gasteiger partial charge in [-0.2, -0.15) is 0 Å². The van der Waals surface area contributed by atoms with Gasteiger partial charge in [-0.25, -0.2) is 0 Å². The number of methoxy groups -OCH3 is 3. The van der Waals surface area contributed by atoms with E-state index in [1.165, 1.54) is 11.3 Å². The summed E-state index contributed by atoms with van der Waals surface area (Å²) in [6.07, 6.45) is 0. The Kier molecular flexibility index (Phi) is 6.52. The van der Waals surface area contributed by atoms with Crippen LogP contribution in [0.4, 0.5) is 5.69 Å². The summed E-state index contributed by atoms with van der Waals surface area (Å²) >= 11 is 0. The van der Waals surface area contributed by atoms with Gasteiger partial charge >= 0.3 is 0 Å². The van der Waals surface area contributed by atoms with Crippen LogP contribution in [0.5, 0.6) is 17.2 Å². The number of carbonyl (C=O) groups is 1. The molecular formula is C30H34N2O4. The van der Waals surface area contributed by atoms with E-state index in [9.17, 15) is 4.79 Å². The number of para-hydroxylation sites is 1. The summed E-state index contributed by atoms with van der Waals surface area (Å²) in [7, 11) is 4.97. The normalized spacial score (nSPS) is 20.8. The van der Waals surface area contributed by atoms with Crippen molar-refractivity contribution in [1.82, 2.24) is 4.90 Å². The maximum Gasteiger partial charge on any atom is 0.229 e. The lowest BCUT2D eigenvalue weighted by Crippen LogP contribution is -2.50. The molecule has 0 aliphatic carbocycles. The first kappa shape index (κ1) is 24.0. The Hall–Kier alpha value is -3.67. The van der Waals surface area contributed by atoms with Gasteiger partial charge in [-0.3, -0.25) is 4.79 Å². The number of hydrogen-bond donors (Lipinski definition) is 0. The van der Waals surface area contributed by atoms with Gasteiger partial charge in [-0.05, 0) is 55.3 Å². The molecular weight excluding hydrogens is 452 g/mol. The van der Waals surface area contributed by atoms with Crippen molar-refractivity contribution in [2.45, 2.75) is 38.4 Å². The maximum absolute atomic E-state index is 14.2. The molecule has 2 heterocycles. The van der Waals surface area contributed by atoms with Gasteiger partial charge in [0.15, 0.2) is 0 Å². The minimum absolute atomic E-state index is 0.0256. The molecule has 1 amide bonds. The van der Waals surface area contributed by atoms with Crippen molar-refractivity contribution < 1.29 is 19.0 Å². The van der Waals surface area contributed by atoms with E-state index >= 15 is 0 Å². The molecule has 0 spiro atoms. The molecule has 1 saturated heterocycles. The number of amides is 1. The van der Waals surface area contributed by atoms with Crippen LogP contribution in [0.3, 0.4) is 0 Å². The van der Waals surface area contributed by atoms with Gasteiger partial charge in [0, 0.05) is 42.4 Å². The van der Waals surface area contributed by atoms with Crippen molar-refractivity contribution in [1.29, 1.82) is 0 Å². The van der Waals surface area contributed by atoms with Crippen LogP contribution < -0.4 is 19.1 Å². The fourth-order valence-electron chi connectivity index (χ4n) is 5.98. The molecule has 0 aromatic heterocycles. The third kappa shape index (κ3) is 4.04. The molecule has 5 rings (SSSR count). The van der Waals surface area contributed by atoms with Gasteiger partial charge in [0.25, 0.3) is 0 Å². The van der Waals surface area contributed by atoms with Crippen molar-refractivity contribution in [2.24, 2.45) is 5.92 Å². The second-order valence-electron chi connectivity index (χ2n) is 9.80. The lowest BCUT2D eigenvalue weighted by molar-refractivity contribution is -0.132. The average Bonchev–Trinajstić information content (AvgIpc) is 3.22. The molecule has 188 valence electrons. The highest BCUT2D eigenvalue weighted by Crippen LogP contribution is 2.50. The van der Waals surface area contributed by atoms with E-state index in [1.54, 1.807) is 21.3 Å². The third-order valence-corrected chi connectivity index (χ3v) is 7.57. The number of likely N-dealkylation sites (tertiary alicyclic amines) is 1.